The third kappa shape index (κ3) is 6.31. The standard InChI is InChI=1S/C22H15Cl2N3O5/c23-16-6-1-13(2-7-16)20(28)31-18-10-5-15(12-26-27-22(25)30)19(11-18)32-21(29)14-3-8-17(24)9-4-14/h1-12H,(H3,25,27,30)/b26-12+. The van der Waals surface area contributed by atoms with Crippen molar-refractivity contribution >= 4 is 47.4 Å². The highest BCUT2D eigenvalue weighted by Crippen LogP contribution is 2.26. The van der Waals surface area contributed by atoms with Crippen molar-refractivity contribution in [1.82, 2.24) is 5.43 Å². The average molecular weight is 472 g/mol. The van der Waals surface area contributed by atoms with Gasteiger partial charge in [-0.3, -0.25) is 0 Å². The number of ether oxygens (including phenoxy) is 2. The Morgan fingerprint density at radius 2 is 1.34 bits per heavy atom. The van der Waals surface area contributed by atoms with Gasteiger partial charge in [0.25, 0.3) is 0 Å². The molecule has 3 aromatic rings. The quantitative estimate of drug-likeness (QED) is 0.238. The van der Waals surface area contributed by atoms with Crippen LogP contribution in [0.15, 0.2) is 71.8 Å². The van der Waals surface area contributed by atoms with Crippen LogP contribution < -0.4 is 20.6 Å². The molecule has 0 saturated carbocycles. The molecule has 0 aliphatic carbocycles. The van der Waals surface area contributed by atoms with Crippen molar-refractivity contribution in [3.05, 3.63) is 93.5 Å². The molecule has 0 fully saturated rings. The van der Waals surface area contributed by atoms with Crippen LogP contribution in [-0.2, 0) is 0 Å². The third-order valence-electron chi connectivity index (χ3n) is 3.94. The zero-order chi connectivity index (χ0) is 23.1. The number of urea groups is 1. The van der Waals surface area contributed by atoms with Gasteiger partial charge < -0.3 is 15.2 Å². The van der Waals surface area contributed by atoms with Gasteiger partial charge in [-0.25, -0.2) is 19.8 Å². The fraction of sp³-hybridized carbons (Fsp3) is 0. The molecule has 0 spiro atoms. The molecule has 0 aromatic heterocycles. The first-order valence-corrected chi connectivity index (χ1v) is 9.75. The second-order valence-corrected chi connectivity index (χ2v) is 7.10. The lowest BCUT2D eigenvalue weighted by atomic mass is 10.2. The van der Waals surface area contributed by atoms with Crippen molar-refractivity contribution in [3.8, 4) is 11.5 Å². The number of carbonyl (C=O) groups is 3. The summed E-state index contributed by atoms with van der Waals surface area (Å²) >= 11 is 11.7. The van der Waals surface area contributed by atoms with Gasteiger partial charge in [0.1, 0.15) is 11.5 Å². The molecule has 0 aliphatic rings. The maximum Gasteiger partial charge on any atom is 0.343 e. The lowest BCUT2D eigenvalue weighted by Crippen LogP contribution is -2.24. The Kier molecular flexibility index (Phi) is 7.43. The lowest BCUT2D eigenvalue weighted by molar-refractivity contribution is 0.0732. The Labute approximate surface area is 192 Å². The maximum absolute atomic E-state index is 12.5. The van der Waals surface area contributed by atoms with Gasteiger partial charge >= 0.3 is 18.0 Å². The third-order valence-corrected chi connectivity index (χ3v) is 4.44. The van der Waals surface area contributed by atoms with Gasteiger partial charge in [0, 0.05) is 21.7 Å². The Morgan fingerprint density at radius 1 is 0.812 bits per heavy atom. The van der Waals surface area contributed by atoms with Gasteiger partial charge in [0.15, 0.2) is 0 Å². The van der Waals surface area contributed by atoms with Crippen molar-refractivity contribution in [2.75, 3.05) is 0 Å². The minimum atomic E-state index is -0.866. The van der Waals surface area contributed by atoms with Gasteiger partial charge in [-0.2, -0.15) is 5.10 Å². The smallest absolute Gasteiger partial charge is 0.343 e. The highest BCUT2D eigenvalue weighted by atomic mass is 35.5. The van der Waals surface area contributed by atoms with Gasteiger partial charge in [0.05, 0.1) is 17.3 Å². The summed E-state index contributed by atoms with van der Waals surface area (Å²) in [5.74, 6) is -1.17. The van der Waals surface area contributed by atoms with E-state index >= 15 is 0 Å². The van der Waals surface area contributed by atoms with Crippen molar-refractivity contribution < 1.29 is 23.9 Å². The molecule has 0 bridgehead atoms. The van der Waals surface area contributed by atoms with E-state index in [1.165, 1.54) is 48.7 Å². The fourth-order valence-corrected chi connectivity index (χ4v) is 2.69. The van der Waals surface area contributed by atoms with Crippen LogP contribution in [-0.4, -0.2) is 24.2 Å². The van der Waals surface area contributed by atoms with E-state index in [4.69, 9.17) is 38.4 Å². The normalized spacial score (nSPS) is 10.6. The molecule has 3 aromatic carbocycles. The number of amides is 2. The zero-order valence-electron chi connectivity index (χ0n) is 16.2. The summed E-state index contributed by atoms with van der Waals surface area (Å²) < 4.78 is 10.8. The molecule has 0 radical (unpaired) electrons. The molecule has 3 rings (SSSR count). The lowest BCUT2D eigenvalue weighted by Gasteiger charge is -2.10. The van der Waals surface area contributed by atoms with E-state index in [2.05, 4.69) is 5.10 Å². The molecule has 3 N–H and O–H groups in total. The number of nitrogens with two attached hydrogens (primary N) is 1. The van der Waals surface area contributed by atoms with Gasteiger partial charge in [-0.05, 0) is 60.7 Å². The van der Waals surface area contributed by atoms with E-state index in [0.29, 0.717) is 15.6 Å². The summed E-state index contributed by atoms with van der Waals surface area (Å²) in [4.78, 5) is 35.7. The van der Waals surface area contributed by atoms with Crippen LogP contribution in [0.3, 0.4) is 0 Å². The molecule has 8 nitrogen and oxygen atoms in total. The molecule has 2 amide bonds. The summed E-state index contributed by atoms with van der Waals surface area (Å²) in [6.07, 6.45) is 1.22. The average Bonchev–Trinajstić information content (AvgIpc) is 2.76. The van der Waals surface area contributed by atoms with E-state index in [9.17, 15) is 14.4 Å². The Hall–Kier alpha value is -3.88. The molecule has 0 unspecified atom stereocenters. The summed E-state index contributed by atoms with van der Waals surface area (Å²) in [6, 6.07) is 15.7. The van der Waals surface area contributed by atoms with Gasteiger partial charge in [-0.15, -0.1) is 0 Å². The number of primary amides is 1. The zero-order valence-corrected chi connectivity index (χ0v) is 17.8. The number of halogens is 2. The minimum Gasteiger partial charge on any atom is -0.423 e. The number of nitrogens with zero attached hydrogens (tertiary/aromatic N) is 1. The number of esters is 2. The minimum absolute atomic E-state index is 0.0291. The van der Waals surface area contributed by atoms with Crippen LogP contribution in [0.25, 0.3) is 0 Å². The molecule has 0 saturated heterocycles. The molecule has 32 heavy (non-hydrogen) atoms. The summed E-state index contributed by atoms with van der Waals surface area (Å²) in [7, 11) is 0. The van der Waals surface area contributed by atoms with E-state index in [0.717, 1.165) is 0 Å². The van der Waals surface area contributed by atoms with Crippen LogP contribution in [0.1, 0.15) is 26.3 Å². The van der Waals surface area contributed by atoms with Gasteiger partial charge in [-0.1, -0.05) is 23.2 Å². The molecule has 162 valence electrons. The van der Waals surface area contributed by atoms with Crippen molar-refractivity contribution in [1.29, 1.82) is 0 Å². The van der Waals surface area contributed by atoms with E-state index < -0.39 is 18.0 Å². The molecule has 0 aliphatic heterocycles. The van der Waals surface area contributed by atoms with Crippen molar-refractivity contribution in [2.45, 2.75) is 0 Å². The second-order valence-electron chi connectivity index (χ2n) is 6.23. The number of carbonyl (C=O) groups excluding carboxylic acids is 3. The molecule has 0 atom stereocenters. The van der Waals surface area contributed by atoms with Crippen LogP contribution in [0.5, 0.6) is 11.5 Å². The first-order valence-electron chi connectivity index (χ1n) is 9.00. The fourth-order valence-electron chi connectivity index (χ4n) is 2.44. The summed E-state index contributed by atoms with van der Waals surface area (Å²) in [6.45, 7) is 0. The van der Waals surface area contributed by atoms with Crippen LogP contribution >= 0.6 is 23.2 Å². The number of rotatable bonds is 6. The number of hydrogen-bond acceptors (Lipinski definition) is 6. The topological polar surface area (TPSA) is 120 Å². The number of hydrazone groups is 1. The predicted octanol–water partition coefficient (Wildman–Crippen LogP) is 4.43. The van der Waals surface area contributed by atoms with E-state index in [-0.39, 0.29) is 22.6 Å². The largest absolute Gasteiger partial charge is 0.423 e. The number of benzene rings is 3. The Bertz CT molecular complexity index is 1180. The molecule has 10 heteroatoms. The van der Waals surface area contributed by atoms with Gasteiger partial charge in [0.2, 0.25) is 0 Å². The molecular weight excluding hydrogens is 457 g/mol. The summed E-state index contributed by atoms with van der Waals surface area (Å²) in [5, 5.41) is 4.60. The number of hydrogen-bond donors (Lipinski definition) is 2. The first-order chi connectivity index (χ1) is 15.3. The van der Waals surface area contributed by atoms with Crippen molar-refractivity contribution in [3.63, 3.8) is 0 Å². The highest BCUT2D eigenvalue weighted by Gasteiger charge is 2.15. The summed E-state index contributed by atoms with van der Waals surface area (Å²) in [5.41, 5.74) is 7.87. The van der Waals surface area contributed by atoms with Crippen LogP contribution in [0, 0.1) is 0 Å². The molecular formula is C22H15Cl2N3O5. The predicted molar refractivity (Wildman–Crippen MR) is 120 cm³/mol. The highest BCUT2D eigenvalue weighted by molar-refractivity contribution is 6.31. The van der Waals surface area contributed by atoms with E-state index in [1.807, 2.05) is 5.43 Å². The van der Waals surface area contributed by atoms with Crippen molar-refractivity contribution in [2.24, 2.45) is 10.8 Å². The van der Waals surface area contributed by atoms with E-state index in [1.54, 1.807) is 24.3 Å². The first kappa shape index (κ1) is 22.8. The number of nitrogens with one attached hydrogen (secondary N) is 1. The monoisotopic (exact) mass is 471 g/mol. The molecule has 0 heterocycles. The Balaban J connectivity index is 1.86. The van der Waals surface area contributed by atoms with Crippen LogP contribution in [0.2, 0.25) is 10.0 Å². The SMILES string of the molecule is NC(=O)N/N=C/c1ccc(OC(=O)c2ccc(Cl)cc2)cc1OC(=O)c1ccc(Cl)cc1. The Morgan fingerprint density at radius 3 is 1.88 bits per heavy atom. The second kappa shape index (κ2) is 10.4. The van der Waals surface area contributed by atoms with Crippen LogP contribution in [0.4, 0.5) is 4.79 Å². The maximum atomic E-state index is 12.5.